The molecule has 0 bridgehead atoms. The Balaban J connectivity index is 2.28. The number of anilines is 2. The summed E-state index contributed by atoms with van der Waals surface area (Å²) in [4.78, 5) is 34.7. The summed E-state index contributed by atoms with van der Waals surface area (Å²) < 4.78 is 16.1. The van der Waals surface area contributed by atoms with Crippen molar-refractivity contribution in [3.8, 4) is 0 Å². The molecule has 0 heterocycles. The molecule has 0 spiro atoms. The van der Waals surface area contributed by atoms with Gasteiger partial charge < -0.3 is 34.6 Å². The first-order valence-electron chi connectivity index (χ1n) is 12.2. The number of benzene rings is 2. The van der Waals surface area contributed by atoms with Gasteiger partial charge in [-0.3, -0.25) is 25.0 Å². The number of hydrogen-bond donors (Lipinski definition) is 3. The van der Waals surface area contributed by atoms with Crippen LogP contribution in [0.4, 0.5) is 34.1 Å². The van der Waals surface area contributed by atoms with Gasteiger partial charge in [0.05, 0.1) is 74.5 Å². The fourth-order valence-electron chi connectivity index (χ4n) is 3.33. The van der Waals surface area contributed by atoms with E-state index in [1.807, 2.05) is 4.90 Å². The van der Waals surface area contributed by atoms with E-state index in [1.54, 1.807) is 18.2 Å². The maximum absolute atomic E-state index is 11.9. The van der Waals surface area contributed by atoms with Crippen LogP contribution in [-0.2, 0) is 19.0 Å². The number of nitro groups is 2. The van der Waals surface area contributed by atoms with Gasteiger partial charge in [0.2, 0.25) is 5.91 Å². The van der Waals surface area contributed by atoms with Gasteiger partial charge >= 0.3 is 5.69 Å². The molecule has 0 saturated carbocycles. The Morgan fingerprint density at radius 2 is 1.43 bits per heavy atom. The molecule has 16 nitrogen and oxygen atoms in total. The molecule has 218 valence electrons. The number of hydrogen-bond acceptors (Lipinski definition) is 13. The summed E-state index contributed by atoms with van der Waals surface area (Å²) in [5, 5.41) is 50.7. The summed E-state index contributed by atoms with van der Waals surface area (Å²) in [6.45, 7) is 3.71. The molecule has 2 rings (SSSR count). The SMILES string of the molecule is CC(=O)Nc1cc(N(CCOCCO)CCOCCOCCO)ccc1N=Nc1ccc([N+](=O)[O-])cc1[N+](=O)[O-]. The van der Waals surface area contributed by atoms with Crippen molar-refractivity contribution in [2.75, 3.05) is 76.2 Å². The molecule has 1 amide bonds. The topological polar surface area (TPSA) is 211 Å². The molecule has 0 aromatic heterocycles. The number of azo groups is 1. The monoisotopic (exact) mass is 564 g/mol. The number of rotatable bonds is 19. The van der Waals surface area contributed by atoms with Gasteiger partial charge in [0, 0.05) is 31.8 Å². The summed E-state index contributed by atoms with van der Waals surface area (Å²) in [5.74, 6) is -0.390. The second-order valence-corrected chi connectivity index (χ2v) is 8.04. The van der Waals surface area contributed by atoms with E-state index in [-0.39, 0.29) is 49.4 Å². The van der Waals surface area contributed by atoms with Crippen LogP contribution in [0.1, 0.15) is 6.92 Å². The molecule has 2 aromatic rings. The smallest absolute Gasteiger partial charge is 0.303 e. The van der Waals surface area contributed by atoms with Crippen LogP contribution in [0.5, 0.6) is 0 Å². The summed E-state index contributed by atoms with van der Waals surface area (Å²) >= 11 is 0. The quantitative estimate of drug-likeness (QED) is 0.0976. The van der Waals surface area contributed by atoms with E-state index in [2.05, 4.69) is 15.5 Å². The van der Waals surface area contributed by atoms with Crippen LogP contribution in [0.15, 0.2) is 46.6 Å². The summed E-state index contributed by atoms with van der Waals surface area (Å²) in [6.07, 6.45) is 0. The first kappa shape index (κ1) is 32.1. The molecule has 0 unspecified atom stereocenters. The largest absolute Gasteiger partial charge is 0.394 e. The zero-order valence-corrected chi connectivity index (χ0v) is 21.9. The van der Waals surface area contributed by atoms with E-state index >= 15 is 0 Å². The van der Waals surface area contributed by atoms with Crippen molar-refractivity contribution in [2.45, 2.75) is 6.92 Å². The van der Waals surface area contributed by atoms with E-state index < -0.39 is 21.2 Å². The molecule has 3 N–H and O–H groups in total. The minimum absolute atomic E-state index is 0.0709. The van der Waals surface area contributed by atoms with Crippen LogP contribution in [0.2, 0.25) is 0 Å². The van der Waals surface area contributed by atoms with Gasteiger partial charge in [0.15, 0.2) is 5.69 Å². The minimum atomic E-state index is -0.795. The van der Waals surface area contributed by atoms with Gasteiger partial charge in [-0.25, -0.2) is 0 Å². The first-order valence-corrected chi connectivity index (χ1v) is 12.2. The van der Waals surface area contributed by atoms with Crippen molar-refractivity contribution in [3.05, 3.63) is 56.6 Å². The number of carbonyl (C=O) groups excluding carboxylic acids is 1. The first-order chi connectivity index (χ1) is 19.3. The summed E-state index contributed by atoms with van der Waals surface area (Å²) in [6, 6.07) is 7.92. The lowest BCUT2D eigenvalue weighted by atomic mass is 10.2. The van der Waals surface area contributed by atoms with Gasteiger partial charge in [0.1, 0.15) is 5.69 Å². The standard InChI is InChI=1S/C24H32N6O10/c1-18(33)25-23-16-19(28(6-10-38-12-8-31)7-11-39-14-15-40-13-9-32)2-4-21(23)26-27-22-5-3-20(29(34)35)17-24(22)30(36)37/h2-5,16-17,31-32H,6-15H2,1H3,(H,25,33). The van der Waals surface area contributed by atoms with Crippen LogP contribution in [0, 0.1) is 20.2 Å². The molecule has 0 fully saturated rings. The average molecular weight is 565 g/mol. The van der Waals surface area contributed by atoms with Crippen molar-refractivity contribution in [2.24, 2.45) is 10.2 Å². The number of nitrogens with zero attached hydrogens (tertiary/aromatic N) is 5. The zero-order valence-electron chi connectivity index (χ0n) is 21.9. The lowest BCUT2D eigenvalue weighted by Crippen LogP contribution is -2.31. The molecule has 0 aliphatic rings. The Kier molecular flexibility index (Phi) is 14.0. The van der Waals surface area contributed by atoms with E-state index in [0.29, 0.717) is 45.2 Å². The summed E-state index contributed by atoms with van der Waals surface area (Å²) in [7, 11) is 0. The third kappa shape index (κ3) is 11.0. The lowest BCUT2D eigenvalue weighted by Gasteiger charge is -2.25. The Morgan fingerprint density at radius 3 is 2.00 bits per heavy atom. The number of nitrogens with one attached hydrogen (secondary N) is 1. The predicted octanol–water partition coefficient (Wildman–Crippen LogP) is 2.72. The number of nitro benzene ring substituents is 2. The van der Waals surface area contributed by atoms with E-state index in [9.17, 15) is 25.0 Å². The van der Waals surface area contributed by atoms with Crippen LogP contribution >= 0.6 is 0 Å². The van der Waals surface area contributed by atoms with Gasteiger partial charge in [-0.2, -0.15) is 0 Å². The second-order valence-electron chi connectivity index (χ2n) is 8.04. The molecule has 0 atom stereocenters. The number of ether oxygens (including phenoxy) is 3. The van der Waals surface area contributed by atoms with Crippen molar-refractivity contribution >= 4 is 40.0 Å². The van der Waals surface area contributed by atoms with Crippen molar-refractivity contribution < 1.29 is 39.1 Å². The number of aliphatic hydroxyl groups excluding tert-OH is 2. The number of non-ortho nitro benzene ring substituents is 1. The Bertz CT molecular complexity index is 1160. The normalized spacial score (nSPS) is 11.1. The van der Waals surface area contributed by atoms with Crippen molar-refractivity contribution in [3.63, 3.8) is 0 Å². The molecule has 40 heavy (non-hydrogen) atoms. The van der Waals surface area contributed by atoms with Crippen LogP contribution in [0.25, 0.3) is 0 Å². The fraction of sp³-hybridized carbons (Fsp3) is 0.458. The highest BCUT2D eigenvalue weighted by atomic mass is 16.6. The molecule has 0 aliphatic heterocycles. The Morgan fingerprint density at radius 1 is 0.850 bits per heavy atom. The number of carbonyl (C=O) groups is 1. The van der Waals surface area contributed by atoms with Gasteiger partial charge in [-0.15, -0.1) is 10.2 Å². The number of aliphatic hydroxyl groups is 2. The van der Waals surface area contributed by atoms with Crippen molar-refractivity contribution in [1.82, 2.24) is 0 Å². The number of amides is 1. The minimum Gasteiger partial charge on any atom is -0.394 e. The molecule has 2 aromatic carbocycles. The van der Waals surface area contributed by atoms with Gasteiger partial charge in [-0.1, -0.05) is 0 Å². The van der Waals surface area contributed by atoms with E-state index in [0.717, 1.165) is 18.2 Å². The van der Waals surface area contributed by atoms with E-state index in [1.165, 1.54) is 6.92 Å². The predicted molar refractivity (Wildman–Crippen MR) is 144 cm³/mol. The molecular formula is C24H32N6O10. The molecule has 16 heteroatoms. The second kappa shape index (κ2) is 17.5. The third-order valence-corrected chi connectivity index (χ3v) is 5.14. The molecule has 0 saturated heterocycles. The fourth-order valence-corrected chi connectivity index (χ4v) is 3.33. The van der Waals surface area contributed by atoms with Crippen LogP contribution in [-0.4, -0.2) is 91.9 Å². The van der Waals surface area contributed by atoms with E-state index in [4.69, 9.17) is 24.4 Å². The Labute approximate surface area is 229 Å². The maximum Gasteiger partial charge on any atom is 0.303 e. The highest BCUT2D eigenvalue weighted by Crippen LogP contribution is 2.35. The highest BCUT2D eigenvalue weighted by molar-refractivity contribution is 5.93. The molecule has 0 aliphatic carbocycles. The lowest BCUT2D eigenvalue weighted by molar-refractivity contribution is -0.393. The maximum atomic E-state index is 11.9. The third-order valence-electron chi connectivity index (χ3n) is 5.14. The van der Waals surface area contributed by atoms with Gasteiger partial charge in [-0.05, 0) is 24.3 Å². The molecule has 0 radical (unpaired) electrons. The zero-order chi connectivity index (χ0) is 29.3. The molecular weight excluding hydrogens is 532 g/mol. The van der Waals surface area contributed by atoms with Crippen LogP contribution < -0.4 is 10.2 Å². The summed E-state index contributed by atoms with van der Waals surface area (Å²) in [5.41, 5.74) is -0.101. The highest BCUT2D eigenvalue weighted by Gasteiger charge is 2.20. The van der Waals surface area contributed by atoms with Crippen molar-refractivity contribution in [1.29, 1.82) is 0 Å². The average Bonchev–Trinajstić information content (AvgIpc) is 2.92. The van der Waals surface area contributed by atoms with Gasteiger partial charge in [0.25, 0.3) is 5.69 Å². The Hall–Kier alpha value is -4.09. The van der Waals surface area contributed by atoms with Crippen LogP contribution in [0.3, 0.4) is 0 Å².